The molecule has 1 aliphatic rings. The van der Waals surface area contributed by atoms with Gasteiger partial charge in [0.25, 0.3) is 0 Å². The molecule has 1 aromatic carbocycles. The van der Waals surface area contributed by atoms with Crippen molar-refractivity contribution in [3.63, 3.8) is 0 Å². The Kier molecular flexibility index (Phi) is 7.86. The highest BCUT2D eigenvalue weighted by Crippen LogP contribution is 2.25. The maximum absolute atomic E-state index is 14.3. The van der Waals surface area contributed by atoms with E-state index in [1.165, 1.54) is 6.07 Å². The molecule has 0 saturated carbocycles. The van der Waals surface area contributed by atoms with Crippen LogP contribution < -0.4 is 10.6 Å². The Labute approximate surface area is 159 Å². The fourth-order valence-electron chi connectivity index (χ4n) is 2.80. The normalized spacial score (nSPS) is 16.0. The summed E-state index contributed by atoms with van der Waals surface area (Å²) in [6.45, 7) is 3.61. The highest BCUT2D eigenvalue weighted by atomic mass is 35.5. The van der Waals surface area contributed by atoms with Crippen molar-refractivity contribution in [1.29, 1.82) is 0 Å². The van der Waals surface area contributed by atoms with Crippen LogP contribution >= 0.6 is 24.8 Å². The molecule has 1 amide bonds. The minimum absolute atomic E-state index is 0. The molecule has 138 valence electrons. The van der Waals surface area contributed by atoms with Crippen molar-refractivity contribution < 1.29 is 9.18 Å². The molecule has 2 atom stereocenters. The van der Waals surface area contributed by atoms with Gasteiger partial charge < -0.3 is 15.2 Å². The maximum atomic E-state index is 14.3. The van der Waals surface area contributed by atoms with Crippen molar-refractivity contribution in [1.82, 2.24) is 20.2 Å². The summed E-state index contributed by atoms with van der Waals surface area (Å²) in [4.78, 5) is 16.9. The molecule has 25 heavy (non-hydrogen) atoms. The fraction of sp³-hybridized carbons (Fsp3) is 0.412. The van der Waals surface area contributed by atoms with Gasteiger partial charge in [0.1, 0.15) is 17.7 Å². The van der Waals surface area contributed by atoms with Gasteiger partial charge in [0.05, 0.1) is 0 Å². The summed E-state index contributed by atoms with van der Waals surface area (Å²) in [5.74, 6) is 0.400. The highest BCUT2D eigenvalue weighted by Gasteiger charge is 2.31. The van der Waals surface area contributed by atoms with E-state index in [0.29, 0.717) is 17.3 Å². The second-order valence-corrected chi connectivity index (χ2v) is 6.07. The number of rotatable bonds is 5. The molecule has 3 rings (SSSR count). The largest absolute Gasteiger partial charge is 0.342 e. The third-order valence-electron chi connectivity index (χ3n) is 4.55. The number of nitrogens with one attached hydrogen (secondary N) is 2. The van der Waals surface area contributed by atoms with E-state index in [2.05, 4.69) is 15.6 Å². The molecular weight excluding hydrogens is 366 g/mol. The van der Waals surface area contributed by atoms with Crippen LogP contribution in [0.3, 0.4) is 0 Å². The Morgan fingerprint density at radius 1 is 1.36 bits per heavy atom. The molecule has 2 N–H and O–H groups in total. The number of carbonyl (C=O) groups is 1. The van der Waals surface area contributed by atoms with Crippen LogP contribution in [0.4, 0.5) is 4.39 Å². The summed E-state index contributed by atoms with van der Waals surface area (Å²) in [5.41, 5.74) is 0.425. The van der Waals surface area contributed by atoms with E-state index in [4.69, 9.17) is 0 Å². The molecule has 0 radical (unpaired) electrons. The first-order chi connectivity index (χ1) is 11.1. The van der Waals surface area contributed by atoms with E-state index in [0.717, 1.165) is 13.1 Å². The van der Waals surface area contributed by atoms with Gasteiger partial charge in [-0.2, -0.15) is 0 Å². The van der Waals surface area contributed by atoms with Crippen LogP contribution in [-0.4, -0.2) is 28.5 Å². The highest BCUT2D eigenvalue weighted by molar-refractivity contribution is 5.85. The monoisotopic (exact) mass is 388 g/mol. The van der Waals surface area contributed by atoms with Gasteiger partial charge in [0, 0.05) is 30.9 Å². The Morgan fingerprint density at radius 3 is 2.56 bits per heavy atom. The van der Waals surface area contributed by atoms with Crippen molar-refractivity contribution in [2.45, 2.75) is 13.0 Å². The minimum atomic E-state index is -0.598. The minimum Gasteiger partial charge on any atom is -0.342 e. The van der Waals surface area contributed by atoms with Crippen LogP contribution in [0, 0.1) is 17.7 Å². The number of halogens is 3. The second-order valence-electron chi connectivity index (χ2n) is 6.07. The number of benzene rings is 1. The van der Waals surface area contributed by atoms with E-state index < -0.39 is 6.04 Å². The number of amides is 1. The summed E-state index contributed by atoms with van der Waals surface area (Å²) in [6.07, 6.45) is 3.43. The number of aromatic nitrogens is 2. The summed E-state index contributed by atoms with van der Waals surface area (Å²) in [5, 5.41) is 6.15. The predicted molar refractivity (Wildman–Crippen MR) is 99.6 cm³/mol. The van der Waals surface area contributed by atoms with Crippen LogP contribution in [0.15, 0.2) is 36.7 Å². The third kappa shape index (κ3) is 4.51. The second kappa shape index (κ2) is 9.17. The number of nitrogens with zero attached hydrogens (tertiary/aromatic N) is 2. The molecule has 0 spiro atoms. The Bertz CT molecular complexity index is 705. The van der Waals surface area contributed by atoms with E-state index in [9.17, 15) is 9.18 Å². The molecule has 5 nitrogen and oxygen atoms in total. The smallest absolute Gasteiger partial charge is 0.224 e. The van der Waals surface area contributed by atoms with Gasteiger partial charge in [-0.05, 0) is 25.1 Å². The van der Waals surface area contributed by atoms with Crippen LogP contribution in [0.25, 0.3) is 0 Å². The van der Waals surface area contributed by atoms with Crippen LogP contribution in [0.1, 0.15) is 24.4 Å². The van der Waals surface area contributed by atoms with Crippen LogP contribution in [-0.2, 0) is 11.8 Å². The molecule has 8 heteroatoms. The third-order valence-corrected chi connectivity index (χ3v) is 4.55. The van der Waals surface area contributed by atoms with Crippen LogP contribution in [0.2, 0.25) is 0 Å². The first-order valence-electron chi connectivity index (χ1n) is 7.80. The van der Waals surface area contributed by atoms with Crippen molar-refractivity contribution in [2.24, 2.45) is 18.9 Å². The number of aryl methyl sites for hydroxylation is 1. The zero-order chi connectivity index (χ0) is 16.4. The first-order valence-corrected chi connectivity index (χ1v) is 7.80. The summed E-state index contributed by atoms with van der Waals surface area (Å²) in [6, 6.07) is 5.89. The first kappa shape index (κ1) is 21.4. The summed E-state index contributed by atoms with van der Waals surface area (Å²) in [7, 11) is 1.83. The Morgan fingerprint density at radius 2 is 2.04 bits per heavy atom. The van der Waals surface area contributed by atoms with Gasteiger partial charge in [0.15, 0.2) is 0 Å². The molecule has 0 aliphatic carbocycles. The molecule has 0 bridgehead atoms. The standard InChI is InChI=1S/C17H21FN4O.2ClH/c1-11(12-9-19-10-12)17(23)21-15(16-20-7-8-22(16)2)13-5-3-4-6-14(13)18;;/h3-8,11-12,15,19H,9-10H2,1-2H3,(H,21,23);2*1H. The number of hydrogen-bond acceptors (Lipinski definition) is 3. The lowest BCUT2D eigenvalue weighted by molar-refractivity contribution is -0.127. The van der Waals surface area contributed by atoms with E-state index >= 15 is 0 Å². The molecular formula is C17H23Cl2FN4O. The molecule has 2 unspecified atom stereocenters. The molecule has 1 aliphatic heterocycles. The molecule has 1 saturated heterocycles. The lowest BCUT2D eigenvalue weighted by Crippen LogP contribution is -2.50. The van der Waals surface area contributed by atoms with Gasteiger partial charge in [-0.3, -0.25) is 4.79 Å². The Hall–Kier alpha value is -1.63. The van der Waals surface area contributed by atoms with Crippen molar-refractivity contribution in [2.75, 3.05) is 13.1 Å². The van der Waals surface area contributed by atoms with Gasteiger partial charge in [0.2, 0.25) is 5.91 Å². The predicted octanol–water partition coefficient (Wildman–Crippen LogP) is 2.46. The van der Waals surface area contributed by atoms with Gasteiger partial charge in [-0.15, -0.1) is 24.8 Å². The van der Waals surface area contributed by atoms with Crippen molar-refractivity contribution in [3.8, 4) is 0 Å². The molecule has 1 fully saturated rings. The van der Waals surface area contributed by atoms with Crippen LogP contribution in [0.5, 0.6) is 0 Å². The zero-order valence-corrected chi connectivity index (χ0v) is 15.7. The molecule has 1 aromatic heterocycles. The van der Waals surface area contributed by atoms with Gasteiger partial charge >= 0.3 is 0 Å². The van der Waals surface area contributed by atoms with E-state index in [1.807, 2.05) is 14.0 Å². The number of hydrogen-bond donors (Lipinski definition) is 2. The zero-order valence-electron chi connectivity index (χ0n) is 14.1. The molecule has 2 heterocycles. The van der Waals surface area contributed by atoms with Gasteiger partial charge in [-0.1, -0.05) is 25.1 Å². The van der Waals surface area contributed by atoms with Crippen molar-refractivity contribution >= 4 is 30.7 Å². The van der Waals surface area contributed by atoms with E-state index in [1.54, 1.807) is 35.2 Å². The van der Waals surface area contributed by atoms with Gasteiger partial charge in [-0.25, -0.2) is 9.37 Å². The number of carbonyl (C=O) groups excluding carboxylic acids is 1. The summed E-state index contributed by atoms with van der Waals surface area (Å²) < 4.78 is 16.1. The van der Waals surface area contributed by atoms with Crippen molar-refractivity contribution in [3.05, 3.63) is 53.9 Å². The quantitative estimate of drug-likeness (QED) is 0.826. The Balaban J connectivity index is 0.00000156. The number of imidazole rings is 1. The fourth-order valence-corrected chi connectivity index (χ4v) is 2.80. The average molecular weight is 389 g/mol. The lowest BCUT2D eigenvalue weighted by atomic mass is 9.88. The SMILES string of the molecule is CC(C(=O)NC(c1ccccc1F)c1nccn1C)C1CNC1.Cl.Cl. The topological polar surface area (TPSA) is 59.0 Å². The molecule has 2 aromatic rings. The average Bonchev–Trinajstić information content (AvgIpc) is 2.89. The maximum Gasteiger partial charge on any atom is 0.224 e. The van der Waals surface area contributed by atoms with E-state index in [-0.39, 0.29) is 42.5 Å². The summed E-state index contributed by atoms with van der Waals surface area (Å²) >= 11 is 0. The lowest BCUT2D eigenvalue weighted by Gasteiger charge is -2.32.